The van der Waals surface area contributed by atoms with Crippen LogP contribution < -0.4 is 10.9 Å². The van der Waals surface area contributed by atoms with E-state index in [9.17, 15) is 24.0 Å². The largest absolute Gasteiger partial charge is 0.444 e. The summed E-state index contributed by atoms with van der Waals surface area (Å²) in [5, 5.41) is 2.42. The number of aromatic nitrogens is 2. The normalized spacial score (nSPS) is 13.2. The fourth-order valence-corrected chi connectivity index (χ4v) is 3.72. The number of hydrogen-bond donors (Lipinski definition) is 1. The van der Waals surface area contributed by atoms with Crippen molar-refractivity contribution >= 4 is 29.3 Å². The Morgan fingerprint density at radius 2 is 1.82 bits per heavy atom. The van der Waals surface area contributed by atoms with Crippen molar-refractivity contribution in [1.29, 1.82) is 0 Å². The molecule has 0 radical (unpaired) electrons. The van der Waals surface area contributed by atoms with E-state index in [0.29, 0.717) is 18.5 Å². The lowest BCUT2D eigenvalue weighted by Gasteiger charge is -2.25. The van der Waals surface area contributed by atoms with Gasteiger partial charge in [0.1, 0.15) is 23.7 Å². The zero-order valence-electron chi connectivity index (χ0n) is 22.0. The van der Waals surface area contributed by atoms with Crippen LogP contribution in [0.3, 0.4) is 0 Å². The summed E-state index contributed by atoms with van der Waals surface area (Å²) in [5.74, 6) is -1.50. The second kappa shape index (κ2) is 12.3. The second-order valence-corrected chi connectivity index (χ2v) is 9.79. The van der Waals surface area contributed by atoms with Gasteiger partial charge in [-0.2, -0.15) is 0 Å². The third kappa shape index (κ3) is 7.34. The van der Waals surface area contributed by atoms with Crippen molar-refractivity contribution in [2.24, 2.45) is 0 Å². The average molecular weight is 521 g/mol. The summed E-state index contributed by atoms with van der Waals surface area (Å²) in [4.78, 5) is 69.3. The van der Waals surface area contributed by atoms with Crippen LogP contribution in [0, 0.1) is 0 Å². The summed E-state index contributed by atoms with van der Waals surface area (Å²) >= 11 is 0. The van der Waals surface area contributed by atoms with Crippen LogP contribution in [0.25, 0.3) is 11.4 Å². The standard InChI is InChI=1S/C28H32N4O6/c1-5-6-15-31(17-20-13-10-14-22(33)24(20)35)23(34)18-32-25(19-11-8-7-9-12-19)29-16-21(26(32)36)30-27(37)38-28(2,3)4/h7-14,16H,5-6,15,17-18H2,1-4H3,(H,30,37). The van der Waals surface area contributed by atoms with Gasteiger partial charge in [0.25, 0.3) is 5.56 Å². The Kier molecular flexibility index (Phi) is 9.11. The van der Waals surface area contributed by atoms with Gasteiger partial charge in [0.15, 0.2) is 0 Å². The first-order chi connectivity index (χ1) is 18.0. The van der Waals surface area contributed by atoms with E-state index in [0.717, 1.165) is 6.42 Å². The maximum atomic E-state index is 13.5. The number of nitrogens with zero attached hydrogens (tertiary/aromatic N) is 3. The fraction of sp³-hybridized carbons (Fsp3) is 0.357. The zero-order valence-corrected chi connectivity index (χ0v) is 22.0. The molecule has 2 amide bonds. The van der Waals surface area contributed by atoms with E-state index in [1.54, 1.807) is 45.0 Å². The van der Waals surface area contributed by atoms with Crippen LogP contribution in [0.5, 0.6) is 0 Å². The lowest BCUT2D eigenvalue weighted by Crippen LogP contribution is -2.41. The van der Waals surface area contributed by atoms with Crippen LogP contribution in [-0.2, 0) is 25.7 Å². The molecule has 1 aliphatic carbocycles. The van der Waals surface area contributed by atoms with Crippen LogP contribution in [0.1, 0.15) is 40.5 Å². The van der Waals surface area contributed by atoms with Gasteiger partial charge in [-0.3, -0.25) is 29.1 Å². The lowest BCUT2D eigenvalue weighted by molar-refractivity contribution is -0.133. The number of ketones is 2. The van der Waals surface area contributed by atoms with Crippen LogP contribution in [-0.4, -0.2) is 56.7 Å². The first-order valence-electron chi connectivity index (χ1n) is 12.4. The molecule has 10 heteroatoms. The molecule has 1 N–H and O–H groups in total. The van der Waals surface area contributed by atoms with Crippen molar-refractivity contribution in [1.82, 2.24) is 14.5 Å². The van der Waals surface area contributed by atoms with Crippen LogP contribution in [0.4, 0.5) is 10.5 Å². The van der Waals surface area contributed by atoms with Gasteiger partial charge in [0.2, 0.25) is 17.5 Å². The molecule has 3 rings (SSSR count). The first-order valence-corrected chi connectivity index (χ1v) is 12.4. The molecule has 200 valence electrons. The predicted molar refractivity (Wildman–Crippen MR) is 143 cm³/mol. The Morgan fingerprint density at radius 3 is 2.47 bits per heavy atom. The van der Waals surface area contributed by atoms with Crippen molar-refractivity contribution in [3.05, 3.63) is 70.7 Å². The van der Waals surface area contributed by atoms with Crippen molar-refractivity contribution in [2.45, 2.75) is 52.7 Å². The third-order valence-corrected chi connectivity index (χ3v) is 5.56. The highest BCUT2D eigenvalue weighted by molar-refractivity contribution is 6.48. The molecule has 1 aliphatic rings. The van der Waals surface area contributed by atoms with Crippen LogP contribution in [0.15, 0.2) is 65.1 Å². The quantitative estimate of drug-likeness (QED) is 0.396. The van der Waals surface area contributed by atoms with Crippen molar-refractivity contribution in [3.63, 3.8) is 0 Å². The number of ether oxygens (including phenoxy) is 1. The third-order valence-electron chi connectivity index (χ3n) is 5.56. The van der Waals surface area contributed by atoms with E-state index in [4.69, 9.17) is 4.74 Å². The van der Waals surface area contributed by atoms with Crippen LogP contribution in [0.2, 0.25) is 0 Å². The van der Waals surface area contributed by atoms with Gasteiger partial charge < -0.3 is 9.64 Å². The molecule has 2 aromatic rings. The molecule has 0 bridgehead atoms. The Bertz CT molecular complexity index is 1340. The fourth-order valence-electron chi connectivity index (χ4n) is 3.72. The minimum atomic E-state index is -0.827. The molecule has 0 atom stereocenters. The van der Waals surface area contributed by atoms with E-state index in [1.165, 1.54) is 33.9 Å². The number of allylic oxidation sites excluding steroid dienone is 3. The Morgan fingerprint density at radius 1 is 1.11 bits per heavy atom. The highest BCUT2D eigenvalue weighted by Crippen LogP contribution is 2.18. The molecule has 1 aromatic carbocycles. The topological polar surface area (TPSA) is 128 Å². The molecule has 10 nitrogen and oxygen atoms in total. The first kappa shape index (κ1) is 28.2. The molecule has 1 heterocycles. The number of benzene rings is 1. The average Bonchev–Trinajstić information content (AvgIpc) is 2.86. The maximum absolute atomic E-state index is 13.5. The molecule has 1 aromatic heterocycles. The summed E-state index contributed by atoms with van der Waals surface area (Å²) in [6, 6.07) is 8.87. The lowest BCUT2D eigenvalue weighted by atomic mass is 10.0. The van der Waals surface area contributed by atoms with E-state index in [1.807, 2.05) is 13.0 Å². The Hall–Kier alpha value is -4.34. The molecular formula is C28H32N4O6. The number of unbranched alkanes of at least 4 members (excludes halogenated alkanes) is 1. The smallest absolute Gasteiger partial charge is 0.412 e. The summed E-state index contributed by atoms with van der Waals surface area (Å²) < 4.78 is 6.43. The minimum Gasteiger partial charge on any atom is -0.444 e. The summed E-state index contributed by atoms with van der Waals surface area (Å²) in [7, 11) is 0. The number of carbonyl (C=O) groups excluding carboxylic acids is 4. The van der Waals surface area contributed by atoms with Gasteiger partial charge in [-0.05, 0) is 33.3 Å². The van der Waals surface area contributed by atoms with Gasteiger partial charge in [0.05, 0.1) is 6.20 Å². The number of nitrogens with one attached hydrogen (secondary N) is 1. The number of hydrogen-bond acceptors (Lipinski definition) is 7. The van der Waals surface area contributed by atoms with Gasteiger partial charge in [0, 0.05) is 24.2 Å². The van der Waals surface area contributed by atoms with Crippen LogP contribution >= 0.6 is 0 Å². The monoisotopic (exact) mass is 520 g/mol. The SMILES string of the molecule is CCCCN(CC1=CC=CC(=O)C1=O)C(=O)Cn1c(-c2ccccc2)ncc(NC(=O)OC(C)(C)C)c1=O. The number of rotatable bonds is 9. The second-order valence-electron chi connectivity index (χ2n) is 9.79. The number of amides is 2. The van der Waals surface area contributed by atoms with Crippen molar-refractivity contribution < 1.29 is 23.9 Å². The number of anilines is 1. The van der Waals surface area contributed by atoms with Gasteiger partial charge in [-0.15, -0.1) is 0 Å². The van der Waals surface area contributed by atoms with Crippen molar-refractivity contribution in [2.75, 3.05) is 18.4 Å². The molecule has 0 saturated heterocycles. The van der Waals surface area contributed by atoms with Crippen molar-refractivity contribution in [3.8, 4) is 11.4 Å². The van der Waals surface area contributed by atoms with Gasteiger partial charge in [-0.25, -0.2) is 9.78 Å². The molecule has 0 fully saturated rings. The molecule has 38 heavy (non-hydrogen) atoms. The summed E-state index contributed by atoms with van der Waals surface area (Å²) in [6.45, 7) is 6.93. The molecule has 0 spiro atoms. The highest BCUT2D eigenvalue weighted by atomic mass is 16.6. The van der Waals surface area contributed by atoms with E-state index in [2.05, 4.69) is 10.3 Å². The van der Waals surface area contributed by atoms with Gasteiger partial charge >= 0.3 is 6.09 Å². The Balaban J connectivity index is 1.97. The molecule has 0 saturated carbocycles. The minimum absolute atomic E-state index is 0.0631. The van der Waals surface area contributed by atoms with E-state index < -0.39 is 41.3 Å². The highest BCUT2D eigenvalue weighted by Gasteiger charge is 2.25. The summed E-state index contributed by atoms with van der Waals surface area (Å²) in [6.07, 6.45) is 6.04. The maximum Gasteiger partial charge on any atom is 0.412 e. The summed E-state index contributed by atoms with van der Waals surface area (Å²) in [5.41, 5.74) is -0.761. The number of Topliss-reactive ketones (excluding diaryl/α,β-unsaturated/α-hetero) is 1. The predicted octanol–water partition coefficient (Wildman–Crippen LogP) is 3.52. The van der Waals surface area contributed by atoms with Gasteiger partial charge in [-0.1, -0.05) is 55.8 Å². The molecular weight excluding hydrogens is 488 g/mol. The molecule has 0 unspecified atom stereocenters. The zero-order chi connectivity index (χ0) is 27.9. The molecule has 0 aliphatic heterocycles. The Labute approximate surface area is 221 Å². The number of carbonyl (C=O) groups is 4. The van der Waals surface area contributed by atoms with E-state index >= 15 is 0 Å². The van der Waals surface area contributed by atoms with E-state index in [-0.39, 0.29) is 23.6 Å².